The Morgan fingerprint density at radius 3 is 1.74 bits per heavy atom. The summed E-state index contributed by atoms with van der Waals surface area (Å²) in [5.74, 6) is -1.00. The van der Waals surface area contributed by atoms with Gasteiger partial charge in [0.05, 0.1) is 19.8 Å². The van der Waals surface area contributed by atoms with E-state index >= 15 is 0 Å². The lowest BCUT2D eigenvalue weighted by Gasteiger charge is -2.42. The number of esters is 2. The van der Waals surface area contributed by atoms with Crippen molar-refractivity contribution in [3.63, 3.8) is 0 Å². The largest absolute Gasteiger partial charge is 0.462 e. The van der Waals surface area contributed by atoms with Crippen molar-refractivity contribution in [3.05, 3.63) is 72.9 Å². The summed E-state index contributed by atoms with van der Waals surface area (Å²) in [4.78, 5) is 25.6. The van der Waals surface area contributed by atoms with E-state index in [-0.39, 0.29) is 19.4 Å². The van der Waals surface area contributed by atoms with E-state index in [0.717, 1.165) is 70.6 Å². The van der Waals surface area contributed by atoms with E-state index in [0.29, 0.717) is 12.8 Å². The zero-order valence-corrected chi connectivity index (χ0v) is 36.1. The first kappa shape index (κ1) is 54.1. The average Bonchev–Trinajstić information content (AvgIpc) is 3.25. The molecule has 15 heteroatoms. The normalized spacial score (nSPS) is 28.0. The van der Waals surface area contributed by atoms with E-state index in [1.807, 2.05) is 36.5 Å². The van der Waals surface area contributed by atoms with Crippen molar-refractivity contribution in [1.29, 1.82) is 0 Å². The van der Waals surface area contributed by atoms with E-state index in [1.54, 1.807) is 0 Å². The van der Waals surface area contributed by atoms with Gasteiger partial charge in [-0.2, -0.15) is 0 Å². The molecule has 11 atom stereocenters. The predicted octanol–water partition coefficient (Wildman–Crippen LogP) is 4.31. The maximum absolute atomic E-state index is 12.9. The summed E-state index contributed by atoms with van der Waals surface area (Å²) in [6.45, 7) is 2.23. The molecule has 348 valence electrons. The van der Waals surface area contributed by atoms with Gasteiger partial charge in [0, 0.05) is 12.8 Å². The number of unbranched alkanes of at least 4 members (excludes halogenated alkanes) is 8. The van der Waals surface area contributed by atoms with Gasteiger partial charge in [-0.05, 0) is 57.8 Å². The molecule has 2 aliphatic heterocycles. The molecule has 0 bridgehead atoms. The number of ether oxygens (including phenoxy) is 6. The SMILES string of the molecule is CC/C=C/C=C/C=C/C=C/CCCCCC(=O)OC(COC(=O)CCCCCCC/C=C/C/C=C/CC)CO[C@@H]1O[C@H](CO[C@@H]2O[C@H](CO)[C@H](O)C(O)C2O)[C@H](O)C(O)C1O. The second-order valence-electron chi connectivity index (χ2n) is 15.2. The minimum absolute atomic E-state index is 0.112. The fraction of sp³-hybridized carbons (Fsp3) is 0.696. The molecule has 0 aromatic rings. The van der Waals surface area contributed by atoms with Crippen LogP contribution in [0.2, 0.25) is 0 Å². The third-order valence-corrected chi connectivity index (χ3v) is 10.0. The smallest absolute Gasteiger partial charge is 0.306 e. The van der Waals surface area contributed by atoms with Crippen molar-refractivity contribution in [2.45, 2.75) is 178 Å². The Morgan fingerprint density at radius 2 is 1.07 bits per heavy atom. The molecule has 2 aliphatic rings. The fourth-order valence-corrected chi connectivity index (χ4v) is 6.38. The van der Waals surface area contributed by atoms with Crippen molar-refractivity contribution in [2.75, 3.05) is 26.4 Å². The van der Waals surface area contributed by atoms with Gasteiger partial charge in [-0.1, -0.05) is 112 Å². The van der Waals surface area contributed by atoms with E-state index in [4.69, 9.17) is 28.4 Å². The average molecular weight is 867 g/mol. The number of aliphatic hydroxyl groups excluding tert-OH is 7. The van der Waals surface area contributed by atoms with Crippen LogP contribution in [0.4, 0.5) is 0 Å². The van der Waals surface area contributed by atoms with Gasteiger partial charge in [0.15, 0.2) is 18.7 Å². The third kappa shape index (κ3) is 22.7. The van der Waals surface area contributed by atoms with Crippen molar-refractivity contribution >= 4 is 11.9 Å². The Kier molecular flexibility index (Phi) is 29.7. The number of aliphatic hydroxyl groups is 7. The molecule has 2 saturated heterocycles. The van der Waals surface area contributed by atoms with Crippen LogP contribution in [-0.2, 0) is 38.0 Å². The van der Waals surface area contributed by atoms with Crippen LogP contribution in [0, 0.1) is 0 Å². The van der Waals surface area contributed by atoms with E-state index < -0.39 is 99.3 Å². The van der Waals surface area contributed by atoms with Crippen LogP contribution in [-0.4, -0.2) is 142 Å². The molecule has 0 radical (unpaired) electrons. The Morgan fingerprint density at radius 1 is 0.541 bits per heavy atom. The number of allylic oxidation sites excluding steroid dienone is 12. The second kappa shape index (κ2) is 33.5. The standard InChI is InChI=1S/C46H74O15/c1-3-5-7-9-11-13-15-17-19-21-23-25-27-29-38(49)59-34(31-56-37(48)28-26-24-22-20-18-16-14-12-10-8-6-4-2)32-57-45-44(55)42(53)40(51)36(61-45)33-58-46-43(54)41(52)39(50)35(30-47)60-46/h5-9,11-15,17,19,34-36,39-47,50-55H,3-4,10,16,18,20-33H2,1-2H3/b7-5+,8-6+,11-9+,14-12+,15-13+,19-17+/t34?,35-,36-,39+,40+,41?,42?,43?,44?,45-,46-/m1/s1. The molecular formula is C46H74O15. The Labute approximate surface area is 362 Å². The van der Waals surface area contributed by atoms with Crippen molar-refractivity contribution < 1.29 is 73.8 Å². The molecule has 0 aromatic carbocycles. The van der Waals surface area contributed by atoms with Gasteiger partial charge in [-0.15, -0.1) is 0 Å². The summed E-state index contributed by atoms with van der Waals surface area (Å²) < 4.78 is 33.3. The minimum Gasteiger partial charge on any atom is -0.462 e. The summed E-state index contributed by atoms with van der Waals surface area (Å²) in [6, 6.07) is 0. The van der Waals surface area contributed by atoms with Gasteiger partial charge in [0.25, 0.3) is 0 Å². The number of carbonyl (C=O) groups excluding carboxylic acids is 2. The molecule has 0 aromatic heterocycles. The quantitative estimate of drug-likeness (QED) is 0.0223. The number of rotatable bonds is 31. The van der Waals surface area contributed by atoms with Crippen LogP contribution in [0.1, 0.15) is 110 Å². The molecule has 2 fully saturated rings. The Bertz CT molecular complexity index is 1340. The van der Waals surface area contributed by atoms with E-state index in [1.165, 1.54) is 0 Å². The van der Waals surface area contributed by atoms with Crippen LogP contribution in [0.3, 0.4) is 0 Å². The number of carbonyl (C=O) groups is 2. The third-order valence-electron chi connectivity index (χ3n) is 10.0. The van der Waals surface area contributed by atoms with Crippen LogP contribution >= 0.6 is 0 Å². The van der Waals surface area contributed by atoms with Crippen molar-refractivity contribution in [2.24, 2.45) is 0 Å². The molecule has 2 rings (SSSR count). The highest BCUT2D eigenvalue weighted by molar-refractivity contribution is 5.70. The first-order chi connectivity index (χ1) is 29.5. The van der Waals surface area contributed by atoms with Crippen LogP contribution in [0.25, 0.3) is 0 Å². The Hall–Kier alpha value is -3.06. The lowest BCUT2D eigenvalue weighted by Crippen LogP contribution is -2.61. The van der Waals surface area contributed by atoms with Crippen LogP contribution in [0.15, 0.2) is 72.9 Å². The second-order valence-corrected chi connectivity index (χ2v) is 15.2. The highest BCUT2D eigenvalue weighted by atomic mass is 16.7. The number of hydrogen-bond donors (Lipinski definition) is 7. The topological polar surface area (TPSA) is 231 Å². The maximum Gasteiger partial charge on any atom is 0.306 e. The summed E-state index contributed by atoms with van der Waals surface area (Å²) >= 11 is 0. The molecule has 5 unspecified atom stereocenters. The zero-order chi connectivity index (χ0) is 44.7. The molecule has 61 heavy (non-hydrogen) atoms. The zero-order valence-electron chi connectivity index (χ0n) is 36.1. The predicted molar refractivity (Wildman–Crippen MR) is 229 cm³/mol. The van der Waals surface area contributed by atoms with E-state index in [9.17, 15) is 45.3 Å². The minimum atomic E-state index is -1.78. The molecular weight excluding hydrogens is 792 g/mol. The monoisotopic (exact) mass is 867 g/mol. The summed E-state index contributed by atoms with van der Waals surface area (Å²) in [5, 5.41) is 71.8. The van der Waals surface area contributed by atoms with Crippen molar-refractivity contribution in [3.8, 4) is 0 Å². The fourth-order valence-electron chi connectivity index (χ4n) is 6.38. The van der Waals surface area contributed by atoms with Gasteiger partial charge in [-0.25, -0.2) is 0 Å². The van der Waals surface area contributed by atoms with Crippen molar-refractivity contribution in [1.82, 2.24) is 0 Å². The number of hydrogen-bond acceptors (Lipinski definition) is 15. The first-order valence-corrected chi connectivity index (χ1v) is 22.1. The summed E-state index contributed by atoms with van der Waals surface area (Å²) in [6.07, 6.45) is 19.6. The molecule has 0 spiro atoms. The van der Waals surface area contributed by atoms with Crippen LogP contribution < -0.4 is 0 Å². The lowest BCUT2D eigenvalue weighted by molar-refractivity contribution is -0.332. The Balaban J connectivity index is 1.90. The molecule has 2 heterocycles. The summed E-state index contributed by atoms with van der Waals surface area (Å²) in [5.41, 5.74) is 0. The lowest BCUT2D eigenvalue weighted by atomic mass is 9.98. The highest BCUT2D eigenvalue weighted by Gasteiger charge is 2.47. The molecule has 0 aliphatic carbocycles. The maximum atomic E-state index is 12.9. The molecule has 0 saturated carbocycles. The highest BCUT2D eigenvalue weighted by Crippen LogP contribution is 2.26. The first-order valence-electron chi connectivity index (χ1n) is 22.1. The molecule has 7 N–H and O–H groups in total. The molecule has 0 amide bonds. The van der Waals surface area contributed by atoms with Gasteiger partial charge < -0.3 is 64.2 Å². The molecule has 15 nitrogen and oxygen atoms in total. The van der Waals surface area contributed by atoms with E-state index in [2.05, 4.69) is 50.3 Å². The van der Waals surface area contributed by atoms with Gasteiger partial charge in [0.1, 0.15) is 55.4 Å². The van der Waals surface area contributed by atoms with Gasteiger partial charge in [-0.3, -0.25) is 9.59 Å². The van der Waals surface area contributed by atoms with Gasteiger partial charge >= 0.3 is 11.9 Å². The summed E-state index contributed by atoms with van der Waals surface area (Å²) in [7, 11) is 0. The van der Waals surface area contributed by atoms with Crippen LogP contribution in [0.5, 0.6) is 0 Å². The van der Waals surface area contributed by atoms with Gasteiger partial charge in [0.2, 0.25) is 0 Å².